The second kappa shape index (κ2) is 6.33. The molecule has 0 saturated heterocycles. The Morgan fingerprint density at radius 2 is 2.00 bits per heavy atom. The smallest absolute Gasteiger partial charge is 0.304 e. The Hall–Kier alpha value is -1.88. The standard InChI is InChI=1S/C14H14N2O2S/c1-10-9-12(11-5-3-2-4-6-11)16-14(15-10)19-8-7-13(17)18/h2-6,9H,7-8H2,1H3,(H,17,18). The van der Waals surface area contributed by atoms with E-state index in [2.05, 4.69) is 9.97 Å². The van der Waals surface area contributed by atoms with Gasteiger partial charge in [-0.15, -0.1) is 0 Å². The molecule has 0 unspecified atom stereocenters. The van der Waals surface area contributed by atoms with Crippen LogP contribution in [0.15, 0.2) is 41.6 Å². The molecule has 0 radical (unpaired) electrons. The molecule has 1 aromatic carbocycles. The summed E-state index contributed by atoms with van der Waals surface area (Å²) in [6.07, 6.45) is 0.114. The number of carboxylic acids is 1. The van der Waals surface area contributed by atoms with Gasteiger partial charge >= 0.3 is 5.97 Å². The number of hydrogen-bond donors (Lipinski definition) is 1. The predicted octanol–water partition coefficient (Wildman–Crippen LogP) is 3.02. The predicted molar refractivity (Wildman–Crippen MR) is 75.2 cm³/mol. The number of nitrogens with zero attached hydrogens (tertiary/aromatic N) is 2. The maximum Gasteiger partial charge on any atom is 0.304 e. The molecule has 0 fully saturated rings. The summed E-state index contributed by atoms with van der Waals surface area (Å²) in [5.74, 6) is -0.323. The molecule has 0 bridgehead atoms. The fourth-order valence-corrected chi connectivity index (χ4v) is 2.42. The average molecular weight is 274 g/mol. The van der Waals surface area contributed by atoms with Gasteiger partial charge in [0.25, 0.3) is 0 Å². The number of aryl methyl sites for hydroxylation is 1. The van der Waals surface area contributed by atoms with Crippen molar-refractivity contribution in [2.45, 2.75) is 18.5 Å². The highest BCUT2D eigenvalue weighted by Crippen LogP contribution is 2.21. The molecule has 0 spiro atoms. The summed E-state index contributed by atoms with van der Waals surface area (Å²) in [6.45, 7) is 1.91. The Kier molecular flexibility index (Phi) is 4.52. The van der Waals surface area contributed by atoms with Crippen LogP contribution in [0.4, 0.5) is 0 Å². The Balaban J connectivity index is 2.18. The van der Waals surface area contributed by atoms with Gasteiger partial charge in [-0.3, -0.25) is 4.79 Å². The molecule has 4 nitrogen and oxygen atoms in total. The molecule has 0 atom stereocenters. The van der Waals surface area contributed by atoms with Crippen molar-refractivity contribution in [2.24, 2.45) is 0 Å². The summed E-state index contributed by atoms with van der Waals surface area (Å²) in [5.41, 5.74) is 2.78. The van der Waals surface area contributed by atoms with Gasteiger partial charge in [0.15, 0.2) is 5.16 Å². The minimum Gasteiger partial charge on any atom is -0.481 e. The van der Waals surface area contributed by atoms with Gasteiger partial charge in [0.05, 0.1) is 12.1 Å². The van der Waals surface area contributed by atoms with Crippen LogP contribution in [0.5, 0.6) is 0 Å². The van der Waals surface area contributed by atoms with Gasteiger partial charge in [-0.25, -0.2) is 9.97 Å². The lowest BCUT2D eigenvalue weighted by molar-refractivity contribution is -0.136. The molecule has 0 aliphatic carbocycles. The van der Waals surface area contributed by atoms with E-state index < -0.39 is 5.97 Å². The van der Waals surface area contributed by atoms with E-state index in [0.717, 1.165) is 17.0 Å². The molecule has 0 saturated carbocycles. The lowest BCUT2D eigenvalue weighted by atomic mass is 10.1. The van der Waals surface area contributed by atoms with Crippen LogP contribution in [-0.4, -0.2) is 26.8 Å². The molecule has 2 aromatic rings. The lowest BCUT2D eigenvalue weighted by Gasteiger charge is -2.05. The molecule has 2 rings (SSSR count). The van der Waals surface area contributed by atoms with E-state index in [1.165, 1.54) is 11.8 Å². The number of aliphatic carboxylic acids is 1. The maximum atomic E-state index is 10.5. The van der Waals surface area contributed by atoms with Crippen LogP contribution in [0.25, 0.3) is 11.3 Å². The third-order valence-electron chi connectivity index (χ3n) is 2.45. The third kappa shape index (κ3) is 4.06. The van der Waals surface area contributed by atoms with Crippen LogP contribution >= 0.6 is 11.8 Å². The van der Waals surface area contributed by atoms with Crippen LogP contribution in [0.3, 0.4) is 0 Å². The zero-order valence-corrected chi connectivity index (χ0v) is 11.4. The van der Waals surface area contributed by atoms with Crippen molar-refractivity contribution in [3.63, 3.8) is 0 Å². The number of benzene rings is 1. The summed E-state index contributed by atoms with van der Waals surface area (Å²) in [5, 5.41) is 9.25. The Labute approximate surface area is 115 Å². The van der Waals surface area contributed by atoms with Crippen LogP contribution in [0.1, 0.15) is 12.1 Å². The second-order valence-electron chi connectivity index (χ2n) is 4.04. The molecule has 0 aliphatic heterocycles. The van der Waals surface area contributed by atoms with Gasteiger partial charge < -0.3 is 5.11 Å². The van der Waals surface area contributed by atoms with Gasteiger partial charge in [0.1, 0.15) is 0 Å². The number of thioether (sulfide) groups is 1. The Bertz CT molecular complexity index is 573. The van der Waals surface area contributed by atoms with E-state index >= 15 is 0 Å². The molecule has 1 heterocycles. The van der Waals surface area contributed by atoms with Crippen LogP contribution in [0.2, 0.25) is 0 Å². The zero-order valence-electron chi connectivity index (χ0n) is 10.5. The third-order valence-corrected chi connectivity index (χ3v) is 3.30. The van der Waals surface area contributed by atoms with Gasteiger partial charge in [-0.05, 0) is 13.0 Å². The van der Waals surface area contributed by atoms with E-state index in [1.807, 2.05) is 43.3 Å². The highest BCUT2D eigenvalue weighted by molar-refractivity contribution is 7.99. The van der Waals surface area contributed by atoms with Crippen molar-refractivity contribution in [3.05, 3.63) is 42.1 Å². The monoisotopic (exact) mass is 274 g/mol. The first-order valence-electron chi connectivity index (χ1n) is 5.91. The SMILES string of the molecule is Cc1cc(-c2ccccc2)nc(SCCC(=O)O)n1. The highest BCUT2D eigenvalue weighted by Gasteiger charge is 2.06. The van der Waals surface area contributed by atoms with E-state index in [9.17, 15) is 4.79 Å². The Morgan fingerprint density at radius 3 is 2.68 bits per heavy atom. The summed E-state index contributed by atoms with van der Waals surface area (Å²) in [4.78, 5) is 19.3. The van der Waals surface area contributed by atoms with Crippen LogP contribution in [0, 0.1) is 6.92 Å². The van der Waals surface area contributed by atoms with Gasteiger partial charge in [0.2, 0.25) is 0 Å². The molecule has 0 aliphatic rings. The molecule has 19 heavy (non-hydrogen) atoms. The molecule has 0 amide bonds. The van der Waals surface area contributed by atoms with Crippen molar-refractivity contribution in [1.82, 2.24) is 9.97 Å². The fourth-order valence-electron chi connectivity index (χ4n) is 1.59. The molecule has 5 heteroatoms. The Morgan fingerprint density at radius 1 is 1.26 bits per heavy atom. The van der Waals surface area contributed by atoms with Crippen LogP contribution < -0.4 is 0 Å². The quantitative estimate of drug-likeness (QED) is 0.670. The summed E-state index contributed by atoms with van der Waals surface area (Å²) >= 11 is 1.37. The van der Waals surface area contributed by atoms with E-state index in [0.29, 0.717) is 10.9 Å². The summed E-state index contributed by atoms with van der Waals surface area (Å²) in [6, 6.07) is 11.8. The average Bonchev–Trinajstić information content (AvgIpc) is 2.39. The van der Waals surface area contributed by atoms with Crippen molar-refractivity contribution >= 4 is 17.7 Å². The first-order valence-corrected chi connectivity index (χ1v) is 6.89. The van der Waals surface area contributed by atoms with Gasteiger partial charge in [-0.2, -0.15) is 0 Å². The summed E-state index contributed by atoms with van der Waals surface area (Å²) in [7, 11) is 0. The topological polar surface area (TPSA) is 63.1 Å². The highest BCUT2D eigenvalue weighted by atomic mass is 32.2. The first-order chi connectivity index (χ1) is 9.15. The molecule has 1 N–H and O–H groups in total. The number of carbonyl (C=O) groups is 1. The second-order valence-corrected chi connectivity index (χ2v) is 5.10. The maximum absolute atomic E-state index is 10.5. The van der Waals surface area contributed by atoms with Crippen molar-refractivity contribution in [1.29, 1.82) is 0 Å². The summed E-state index contributed by atoms with van der Waals surface area (Å²) < 4.78 is 0. The van der Waals surface area contributed by atoms with Gasteiger partial charge in [-0.1, -0.05) is 42.1 Å². The fraction of sp³-hybridized carbons (Fsp3) is 0.214. The van der Waals surface area contributed by atoms with Crippen molar-refractivity contribution in [3.8, 4) is 11.3 Å². The number of aromatic nitrogens is 2. The normalized spacial score (nSPS) is 10.4. The molecular formula is C14H14N2O2S. The van der Waals surface area contributed by atoms with Crippen LogP contribution in [-0.2, 0) is 4.79 Å². The van der Waals surface area contributed by atoms with E-state index in [-0.39, 0.29) is 6.42 Å². The van der Waals surface area contributed by atoms with Gasteiger partial charge in [0, 0.05) is 17.0 Å². The minimum absolute atomic E-state index is 0.114. The number of hydrogen-bond acceptors (Lipinski definition) is 4. The largest absolute Gasteiger partial charge is 0.481 e. The van der Waals surface area contributed by atoms with E-state index in [1.54, 1.807) is 0 Å². The first kappa shape index (κ1) is 13.5. The van der Waals surface area contributed by atoms with Crippen molar-refractivity contribution in [2.75, 3.05) is 5.75 Å². The van der Waals surface area contributed by atoms with Crippen molar-refractivity contribution < 1.29 is 9.90 Å². The number of rotatable bonds is 5. The molecule has 98 valence electrons. The molecule has 1 aromatic heterocycles. The van der Waals surface area contributed by atoms with E-state index in [4.69, 9.17) is 5.11 Å². The molecular weight excluding hydrogens is 260 g/mol. The lowest BCUT2D eigenvalue weighted by Crippen LogP contribution is -1.98. The minimum atomic E-state index is -0.802. The zero-order chi connectivity index (χ0) is 13.7. The number of carboxylic acid groups (broad SMARTS) is 1.